The number of nitrogens with one attached hydrogen (secondary N) is 5. The van der Waals surface area contributed by atoms with Gasteiger partial charge in [0.05, 0.1) is 17.9 Å². The maximum atomic E-state index is 13.4. The summed E-state index contributed by atoms with van der Waals surface area (Å²) in [5.41, 5.74) is 4.04. The fraction of sp³-hybridized carbons (Fsp3) is 0.432. The number of urea groups is 1. The van der Waals surface area contributed by atoms with Crippen molar-refractivity contribution in [1.82, 2.24) is 20.1 Å². The lowest BCUT2D eigenvalue weighted by atomic mass is 9.85. The number of aromatic nitrogens is 1. The van der Waals surface area contributed by atoms with Crippen LogP contribution < -0.4 is 20.9 Å². The molecule has 0 bridgehead atoms. The number of rotatable bonds is 7. The van der Waals surface area contributed by atoms with Gasteiger partial charge in [-0.25, -0.2) is 9.79 Å². The van der Waals surface area contributed by atoms with Gasteiger partial charge in [0, 0.05) is 31.8 Å². The third-order valence-electron chi connectivity index (χ3n) is 9.05. The summed E-state index contributed by atoms with van der Waals surface area (Å²) in [4.78, 5) is 20.0. The van der Waals surface area contributed by atoms with E-state index < -0.39 is 0 Å². The highest BCUT2D eigenvalue weighted by Crippen LogP contribution is 2.38. The molecule has 1 aliphatic carbocycles. The number of aryl methyl sites for hydroxylation is 1. The van der Waals surface area contributed by atoms with E-state index in [-0.39, 0.29) is 54.0 Å². The molecular weight excluding hydrogens is 604 g/mol. The van der Waals surface area contributed by atoms with Crippen LogP contribution in [0.25, 0.3) is 0 Å². The van der Waals surface area contributed by atoms with Gasteiger partial charge in [-0.05, 0) is 79.3 Å². The highest BCUT2D eigenvalue weighted by atomic mass is 16.5. The number of amides is 2. The Kier molecular flexibility index (Phi) is 10.8. The van der Waals surface area contributed by atoms with Gasteiger partial charge in [0.1, 0.15) is 23.2 Å². The number of hydrogen-bond acceptors (Lipinski definition) is 7. The van der Waals surface area contributed by atoms with Gasteiger partial charge >= 0.3 is 6.03 Å². The maximum absolute atomic E-state index is 13.4. The fourth-order valence-electron chi connectivity index (χ4n) is 6.12. The lowest BCUT2D eigenvalue weighted by Gasteiger charge is -2.34. The van der Waals surface area contributed by atoms with Crippen molar-refractivity contribution in [3.05, 3.63) is 89.0 Å². The number of carbonyl (C=O) groups is 1. The average molecular weight is 653 g/mol. The normalized spacial score (nSPS) is 19.6. The first-order chi connectivity index (χ1) is 22.9. The predicted octanol–water partition coefficient (Wildman–Crippen LogP) is 6.20. The topological polar surface area (TPSA) is 163 Å². The zero-order valence-corrected chi connectivity index (χ0v) is 28.3. The number of pyridine rings is 1. The molecule has 5 rings (SSSR count). The summed E-state index contributed by atoms with van der Waals surface area (Å²) in [6.45, 7) is 9.32. The van der Waals surface area contributed by atoms with E-state index in [0.29, 0.717) is 48.9 Å². The third-order valence-corrected chi connectivity index (χ3v) is 9.05. The number of hydrogen-bond donors (Lipinski definition) is 6. The molecule has 3 unspecified atom stereocenters. The number of amidine groups is 1. The minimum Gasteiger partial charge on any atom is -0.484 e. The molecule has 6 N–H and O–H groups in total. The molecule has 3 aromatic rings. The molecule has 11 nitrogen and oxygen atoms in total. The number of benzene rings is 2. The van der Waals surface area contributed by atoms with E-state index in [0.717, 1.165) is 29.5 Å². The van der Waals surface area contributed by atoms with Crippen LogP contribution in [0.5, 0.6) is 5.75 Å². The molecule has 11 heteroatoms. The monoisotopic (exact) mass is 652 g/mol. The summed E-state index contributed by atoms with van der Waals surface area (Å²) in [6, 6.07) is 18.4. The number of piperidine rings is 1. The van der Waals surface area contributed by atoms with E-state index in [4.69, 9.17) is 26.0 Å². The van der Waals surface area contributed by atoms with Gasteiger partial charge in [-0.3, -0.25) is 20.7 Å². The van der Waals surface area contributed by atoms with Crippen molar-refractivity contribution in [1.29, 1.82) is 16.2 Å². The predicted molar refractivity (Wildman–Crippen MR) is 188 cm³/mol. The van der Waals surface area contributed by atoms with Crippen LogP contribution >= 0.6 is 0 Å². The Hall–Kier alpha value is -4.77. The molecule has 1 fully saturated rings. The minimum atomic E-state index is -0.381. The zero-order chi connectivity index (χ0) is 34.4. The van der Waals surface area contributed by atoms with Crippen molar-refractivity contribution in [2.45, 2.75) is 71.9 Å². The second kappa shape index (κ2) is 15.0. The third kappa shape index (κ3) is 8.57. The largest absolute Gasteiger partial charge is 0.484 e. The van der Waals surface area contributed by atoms with Crippen LogP contribution in [0.2, 0.25) is 0 Å². The fourth-order valence-corrected chi connectivity index (χ4v) is 6.12. The molecule has 3 atom stereocenters. The lowest BCUT2D eigenvalue weighted by Crippen LogP contribution is -2.46. The van der Waals surface area contributed by atoms with E-state index in [1.165, 1.54) is 4.57 Å². The van der Waals surface area contributed by atoms with Crippen LogP contribution in [-0.4, -0.2) is 57.8 Å². The molecule has 0 radical (unpaired) electrons. The second-order valence-electron chi connectivity index (χ2n) is 13.8. The van der Waals surface area contributed by atoms with Gasteiger partial charge in [-0.2, -0.15) is 0 Å². The Morgan fingerprint density at radius 1 is 1.02 bits per heavy atom. The smallest absolute Gasteiger partial charge is 0.320 e. The van der Waals surface area contributed by atoms with E-state index >= 15 is 0 Å². The zero-order valence-electron chi connectivity index (χ0n) is 28.3. The first-order valence-electron chi connectivity index (χ1n) is 16.7. The Labute approximate surface area is 282 Å². The van der Waals surface area contributed by atoms with Crippen molar-refractivity contribution in [2.24, 2.45) is 16.3 Å². The molecule has 1 aromatic heterocycles. The van der Waals surface area contributed by atoms with E-state index in [2.05, 4.69) is 10.6 Å². The summed E-state index contributed by atoms with van der Waals surface area (Å²) < 4.78 is 8.02. The van der Waals surface area contributed by atoms with Gasteiger partial charge in [0.2, 0.25) is 5.96 Å². The number of aliphatic hydroxyl groups is 1. The molecule has 2 aromatic carbocycles. The molecule has 2 amide bonds. The highest BCUT2D eigenvalue weighted by Gasteiger charge is 2.30. The Bertz CT molecular complexity index is 1720. The summed E-state index contributed by atoms with van der Waals surface area (Å²) in [7, 11) is 0. The van der Waals surface area contributed by atoms with Crippen molar-refractivity contribution in [3.63, 3.8) is 0 Å². The average Bonchev–Trinajstić information content (AvgIpc) is 3.07. The summed E-state index contributed by atoms with van der Waals surface area (Å²) in [6.07, 6.45) is 4.75. The van der Waals surface area contributed by atoms with Gasteiger partial charge in [-0.1, -0.05) is 62.7 Å². The van der Waals surface area contributed by atoms with Gasteiger partial charge < -0.3 is 25.5 Å². The van der Waals surface area contributed by atoms with Crippen LogP contribution in [0.1, 0.15) is 81.7 Å². The Morgan fingerprint density at radius 3 is 2.46 bits per heavy atom. The molecule has 254 valence electrons. The first-order valence-corrected chi connectivity index (χ1v) is 16.7. The summed E-state index contributed by atoms with van der Waals surface area (Å²) >= 11 is 0. The van der Waals surface area contributed by atoms with Crippen LogP contribution in [-0.2, 0) is 0 Å². The van der Waals surface area contributed by atoms with Crippen molar-refractivity contribution in [2.75, 3.05) is 19.7 Å². The number of carbonyl (C=O) groups excluding carboxylic acids is 1. The maximum Gasteiger partial charge on any atom is 0.320 e. The number of fused-ring (bicyclic) bond motifs is 1. The van der Waals surface area contributed by atoms with Crippen molar-refractivity contribution < 1.29 is 14.6 Å². The standard InChI is InChI=1S/C37H48N8O3/c1-24-11-13-26(14-12-24)41-34(20-32(38)37(2,3)4)43-36(47)42-30-16-17-31(29-10-6-5-9-28(29)30)48-27-15-18-33(39)45(22-27)35(40)44-19-7-8-25(21-44)23-46/h5-6,9-15,18,22,25,30-31,38-40,46H,7-8,16-17,19-21,23H2,1-4H3,(H2,41,42,43,47). The number of ether oxygens (including phenoxy) is 1. The Balaban J connectivity index is 1.30. The number of likely N-dealkylation sites (tertiary alicyclic amines) is 1. The number of aliphatic imine (C=N–C) groups is 1. The molecule has 2 heterocycles. The van der Waals surface area contributed by atoms with E-state index in [9.17, 15) is 9.90 Å². The van der Waals surface area contributed by atoms with Crippen molar-refractivity contribution in [3.8, 4) is 5.75 Å². The quantitative estimate of drug-likeness (QED) is 0.132. The summed E-state index contributed by atoms with van der Waals surface area (Å²) in [5.74, 6) is 1.29. The molecule has 0 saturated carbocycles. The van der Waals surface area contributed by atoms with Gasteiger partial charge in [0.25, 0.3) is 0 Å². The van der Waals surface area contributed by atoms with Crippen LogP contribution in [0.3, 0.4) is 0 Å². The van der Waals surface area contributed by atoms with E-state index in [1.807, 2.05) is 81.1 Å². The van der Waals surface area contributed by atoms with Crippen LogP contribution in [0.15, 0.2) is 71.9 Å². The van der Waals surface area contributed by atoms with Gasteiger partial charge in [-0.15, -0.1) is 0 Å². The molecular formula is C37H48N8O3. The number of nitrogens with zero attached hydrogens (tertiary/aromatic N) is 3. The Morgan fingerprint density at radius 2 is 1.75 bits per heavy atom. The summed E-state index contributed by atoms with van der Waals surface area (Å²) in [5, 5.41) is 41.6. The molecule has 48 heavy (non-hydrogen) atoms. The second-order valence-corrected chi connectivity index (χ2v) is 13.8. The van der Waals surface area contributed by atoms with Crippen LogP contribution in [0, 0.1) is 34.5 Å². The number of aliphatic hydroxyl groups excluding tert-OH is 1. The first kappa shape index (κ1) is 34.6. The highest BCUT2D eigenvalue weighted by molar-refractivity contribution is 6.09. The lowest BCUT2D eigenvalue weighted by molar-refractivity contribution is 0.157. The molecule has 2 aliphatic rings. The van der Waals surface area contributed by atoms with Crippen molar-refractivity contribution >= 4 is 29.2 Å². The van der Waals surface area contributed by atoms with Gasteiger partial charge in [0.15, 0.2) is 0 Å². The minimum absolute atomic E-state index is 0.0913. The SMILES string of the molecule is Cc1ccc(N=C(CC(=N)C(C)(C)C)NC(=O)NC2CCC(Oc3ccc(=N)n(C(=N)N4CCCC(CO)C4)c3)c3ccccc32)cc1. The molecule has 0 spiro atoms. The van der Waals surface area contributed by atoms with Crippen LogP contribution in [0.4, 0.5) is 10.5 Å². The molecule has 1 aliphatic heterocycles. The van der Waals surface area contributed by atoms with E-state index in [1.54, 1.807) is 18.3 Å². The molecule has 1 saturated heterocycles.